The molecule has 1 heterocycles. The fourth-order valence-corrected chi connectivity index (χ4v) is 3.11. The molecule has 1 aliphatic carbocycles. The third-order valence-corrected chi connectivity index (χ3v) is 4.44. The third kappa shape index (κ3) is 3.76. The molecule has 0 spiro atoms. The molecular formula is C16H19N5O4. The molecule has 3 rings (SSSR count). The maximum Gasteiger partial charge on any atom is 0.306 e. The highest BCUT2D eigenvalue weighted by atomic mass is 16.5. The van der Waals surface area contributed by atoms with Gasteiger partial charge in [0.05, 0.1) is 13.0 Å². The maximum atomic E-state index is 12.5. The Labute approximate surface area is 144 Å². The van der Waals surface area contributed by atoms with E-state index in [1.807, 2.05) is 0 Å². The number of nitrogens with zero attached hydrogens (tertiary/aromatic N) is 4. The van der Waals surface area contributed by atoms with Gasteiger partial charge in [-0.25, -0.2) is 0 Å². The van der Waals surface area contributed by atoms with Crippen molar-refractivity contribution in [1.82, 2.24) is 20.2 Å². The minimum atomic E-state index is -0.831. The van der Waals surface area contributed by atoms with Gasteiger partial charge in [-0.1, -0.05) is 6.42 Å². The van der Waals surface area contributed by atoms with Crippen molar-refractivity contribution in [3.63, 3.8) is 0 Å². The number of carboxylic acid groups (broad SMARTS) is 1. The number of benzene rings is 1. The standard InChI is InChI=1S/C16H19N5O4/c1-25-14-6-5-12(8-13(14)21-9-17-19-20-21)18-15(22)10-3-2-4-11(7-10)16(23)24/h5-6,8-11H,2-4,7H2,1H3,(H,18,22)(H,23,24). The highest BCUT2D eigenvalue weighted by Crippen LogP contribution is 2.31. The molecule has 2 aromatic rings. The van der Waals surface area contributed by atoms with Crippen LogP contribution in [-0.4, -0.2) is 44.3 Å². The summed E-state index contributed by atoms with van der Waals surface area (Å²) in [5.41, 5.74) is 1.17. The first-order chi connectivity index (χ1) is 12.1. The molecule has 1 saturated carbocycles. The lowest BCUT2D eigenvalue weighted by Crippen LogP contribution is -2.30. The molecule has 1 fully saturated rings. The summed E-state index contributed by atoms with van der Waals surface area (Å²) >= 11 is 0. The van der Waals surface area contributed by atoms with Crippen molar-refractivity contribution in [3.05, 3.63) is 24.5 Å². The monoisotopic (exact) mass is 345 g/mol. The lowest BCUT2D eigenvalue weighted by Gasteiger charge is -2.25. The zero-order valence-electron chi connectivity index (χ0n) is 13.8. The number of amides is 1. The van der Waals surface area contributed by atoms with E-state index in [-0.39, 0.29) is 11.8 Å². The highest BCUT2D eigenvalue weighted by molar-refractivity contribution is 5.93. The molecule has 9 heteroatoms. The SMILES string of the molecule is COc1ccc(NC(=O)C2CCCC(C(=O)O)C2)cc1-n1cnnn1. The average Bonchev–Trinajstić information content (AvgIpc) is 3.16. The first kappa shape index (κ1) is 16.9. The highest BCUT2D eigenvalue weighted by Gasteiger charge is 2.31. The van der Waals surface area contributed by atoms with Gasteiger partial charge in [0.1, 0.15) is 17.8 Å². The molecule has 25 heavy (non-hydrogen) atoms. The lowest BCUT2D eigenvalue weighted by molar-refractivity contribution is -0.143. The molecule has 2 N–H and O–H groups in total. The zero-order valence-corrected chi connectivity index (χ0v) is 13.8. The Balaban J connectivity index is 1.75. The second-order valence-electron chi connectivity index (χ2n) is 6.03. The van der Waals surface area contributed by atoms with E-state index in [0.717, 1.165) is 6.42 Å². The first-order valence-electron chi connectivity index (χ1n) is 8.03. The van der Waals surface area contributed by atoms with Crippen molar-refractivity contribution >= 4 is 17.6 Å². The van der Waals surface area contributed by atoms with Gasteiger partial charge in [-0.2, -0.15) is 4.68 Å². The van der Waals surface area contributed by atoms with E-state index in [4.69, 9.17) is 9.84 Å². The second kappa shape index (κ2) is 7.29. The number of tetrazole rings is 1. The normalized spacial score (nSPS) is 20.0. The van der Waals surface area contributed by atoms with Gasteiger partial charge < -0.3 is 15.2 Å². The summed E-state index contributed by atoms with van der Waals surface area (Å²) in [6.45, 7) is 0. The van der Waals surface area contributed by atoms with Gasteiger partial charge in [0.15, 0.2) is 0 Å². The Bertz CT molecular complexity index is 762. The molecule has 1 aromatic heterocycles. The Kier molecular flexibility index (Phi) is 4.92. The van der Waals surface area contributed by atoms with E-state index >= 15 is 0 Å². The molecule has 1 amide bonds. The number of nitrogens with one attached hydrogen (secondary N) is 1. The van der Waals surface area contributed by atoms with Crippen LogP contribution in [-0.2, 0) is 9.59 Å². The van der Waals surface area contributed by atoms with Crippen molar-refractivity contribution < 1.29 is 19.4 Å². The van der Waals surface area contributed by atoms with Crippen LogP contribution in [0.5, 0.6) is 5.75 Å². The van der Waals surface area contributed by atoms with Crippen LogP contribution in [0.3, 0.4) is 0 Å². The predicted octanol–water partition coefficient (Wildman–Crippen LogP) is 1.50. The number of hydrogen-bond donors (Lipinski definition) is 2. The molecular weight excluding hydrogens is 326 g/mol. The number of anilines is 1. The number of aromatic nitrogens is 4. The second-order valence-corrected chi connectivity index (χ2v) is 6.03. The van der Waals surface area contributed by atoms with Gasteiger partial charge in [-0.05, 0) is 47.9 Å². The van der Waals surface area contributed by atoms with Crippen LogP contribution in [0.2, 0.25) is 0 Å². The Hall–Kier alpha value is -2.97. The quantitative estimate of drug-likeness (QED) is 0.842. The van der Waals surface area contributed by atoms with Crippen LogP contribution >= 0.6 is 0 Å². The fourth-order valence-electron chi connectivity index (χ4n) is 3.11. The van der Waals surface area contributed by atoms with Gasteiger partial charge in [0.25, 0.3) is 0 Å². The van der Waals surface area contributed by atoms with Crippen molar-refractivity contribution in [1.29, 1.82) is 0 Å². The van der Waals surface area contributed by atoms with Crippen molar-refractivity contribution in [2.75, 3.05) is 12.4 Å². The summed E-state index contributed by atoms with van der Waals surface area (Å²) < 4.78 is 6.73. The molecule has 2 atom stereocenters. The van der Waals surface area contributed by atoms with Gasteiger partial charge in [-0.3, -0.25) is 9.59 Å². The van der Waals surface area contributed by atoms with Crippen LogP contribution in [0.25, 0.3) is 5.69 Å². The Morgan fingerprint density at radius 3 is 2.80 bits per heavy atom. The minimum Gasteiger partial charge on any atom is -0.494 e. The van der Waals surface area contributed by atoms with Gasteiger partial charge >= 0.3 is 5.97 Å². The zero-order chi connectivity index (χ0) is 17.8. The smallest absolute Gasteiger partial charge is 0.306 e. The maximum absolute atomic E-state index is 12.5. The number of carboxylic acids is 1. The fraction of sp³-hybridized carbons (Fsp3) is 0.438. The van der Waals surface area contributed by atoms with Crippen molar-refractivity contribution in [2.24, 2.45) is 11.8 Å². The number of hydrogen-bond acceptors (Lipinski definition) is 6. The van der Waals surface area contributed by atoms with E-state index in [1.54, 1.807) is 18.2 Å². The first-order valence-corrected chi connectivity index (χ1v) is 8.03. The summed E-state index contributed by atoms with van der Waals surface area (Å²) in [7, 11) is 1.54. The van der Waals surface area contributed by atoms with E-state index in [2.05, 4.69) is 20.8 Å². The number of aliphatic carboxylic acids is 1. The van der Waals surface area contributed by atoms with Crippen LogP contribution in [0.4, 0.5) is 5.69 Å². The van der Waals surface area contributed by atoms with Crippen molar-refractivity contribution in [3.8, 4) is 11.4 Å². The number of carbonyl (C=O) groups is 2. The van der Waals surface area contributed by atoms with Gasteiger partial charge in [0.2, 0.25) is 5.91 Å². The van der Waals surface area contributed by atoms with E-state index in [0.29, 0.717) is 36.4 Å². The summed E-state index contributed by atoms with van der Waals surface area (Å²) in [6.07, 6.45) is 3.88. The molecule has 132 valence electrons. The number of rotatable bonds is 5. The number of ether oxygens (including phenoxy) is 1. The van der Waals surface area contributed by atoms with Gasteiger partial charge in [-0.15, -0.1) is 5.10 Å². The Morgan fingerprint density at radius 1 is 1.32 bits per heavy atom. The molecule has 0 bridgehead atoms. The molecule has 0 radical (unpaired) electrons. The largest absolute Gasteiger partial charge is 0.494 e. The lowest BCUT2D eigenvalue weighted by atomic mass is 9.81. The van der Waals surface area contributed by atoms with Gasteiger partial charge in [0, 0.05) is 11.6 Å². The minimum absolute atomic E-state index is 0.168. The Morgan fingerprint density at radius 2 is 2.12 bits per heavy atom. The molecule has 2 unspecified atom stereocenters. The van der Waals surface area contributed by atoms with Crippen LogP contribution in [0, 0.1) is 11.8 Å². The summed E-state index contributed by atoms with van der Waals surface area (Å²) in [6, 6.07) is 5.15. The number of carbonyl (C=O) groups excluding carboxylic acids is 1. The van der Waals surface area contributed by atoms with Crippen LogP contribution < -0.4 is 10.1 Å². The summed E-state index contributed by atoms with van der Waals surface area (Å²) in [5.74, 6) is -1.18. The molecule has 0 saturated heterocycles. The molecule has 1 aliphatic rings. The van der Waals surface area contributed by atoms with Crippen LogP contribution in [0.1, 0.15) is 25.7 Å². The topological polar surface area (TPSA) is 119 Å². The predicted molar refractivity (Wildman–Crippen MR) is 87.4 cm³/mol. The summed E-state index contributed by atoms with van der Waals surface area (Å²) in [5, 5.41) is 23.0. The molecule has 1 aromatic carbocycles. The third-order valence-electron chi connectivity index (χ3n) is 4.44. The van der Waals surface area contributed by atoms with Crippen LogP contribution in [0.15, 0.2) is 24.5 Å². The summed E-state index contributed by atoms with van der Waals surface area (Å²) in [4.78, 5) is 23.7. The van der Waals surface area contributed by atoms with Crippen molar-refractivity contribution in [2.45, 2.75) is 25.7 Å². The average molecular weight is 345 g/mol. The van der Waals surface area contributed by atoms with E-state index in [1.165, 1.54) is 18.1 Å². The van der Waals surface area contributed by atoms with E-state index in [9.17, 15) is 9.59 Å². The number of methoxy groups -OCH3 is 1. The molecule has 9 nitrogen and oxygen atoms in total. The van der Waals surface area contributed by atoms with E-state index < -0.39 is 11.9 Å². The molecule has 0 aliphatic heterocycles.